The zero-order chi connectivity index (χ0) is 16.2. The molecule has 0 saturated heterocycles. The monoisotopic (exact) mass is 369 g/mol. The van der Waals surface area contributed by atoms with E-state index in [1.165, 1.54) is 12.1 Å². The summed E-state index contributed by atoms with van der Waals surface area (Å²) < 4.78 is 43.8. The molecule has 22 heavy (non-hydrogen) atoms. The Morgan fingerprint density at radius 1 is 1.05 bits per heavy atom. The van der Waals surface area contributed by atoms with Crippen molar-refractivity contribution in [3.05, 3.63) is 63.6 Å². The number of nitrogens with zero attached hydrogens (tertiary/aromatic N) is 1. The lowest BCUT2D eigenvalue weighted by Gasteiger charge is -2.10. The van der Waals surface area contributed by atoms with Gasteiger partial charge in [-0.2, -0.15) is 18.4 Å². The van der Waals surface area contributed by atoms with Crippen LogP contribution in [0.4, 0.5) is 13.2 Å². The molecule has 6 heteroatoms. The highest BCUT2D eigenvalue weighted by Crippen LogP contribution is 2.29. The minimum absolute atomic E-state index is 0.153. The highest BCUT2D eigenvalue weighted by Gasteiger charge is 2.29. The van der Waals surface area contributed by atoms with E-state index in [0.717, 1.165) is 22.2 Å². The smallest absolute Gasteiger partial charge is 0.416 e. The second kappa shape index (κ2) is 6.84. The lowest BCUT2D eigenvalue weighted by atomic mass is 10.1. The minimum Gasteiger partial charge on any atom is -0.489 e. The molecule has 2 nitrogen and oxygen atoms in total. The molecule has 0 amide bonds. The standard InChI is InChI=1S/C16H11BrF3NO/c17-14-7-12(5-6-21)8-15(9-14)22-10-11-1-3-13(4-2-11)16(18,19)20/h1-4,7-9H,5,10H2. The van der Waals surface area contributed by atoms with Gasteiger partial charge < -0.3 is 4.74 Å². The van der Waals surface area contributed by atoms with Gasteiger partial charge in [-0.1, -0.05) is 28.1 Å². The number of nitriles is 1. The van der Waals surface area contributed by atoms with Gasteiger partial charge in [0.15, 0.2) is 0 Å². The number of benzene rings is 2. The molecule has 0 aliphatic heterocycles. The van der Waals surface area contributed by atoms with Crippen molar-refractivity contribution in [2.75, 3.05) is 0 Å². The molecule has 2 rings (SSSR count). The largest absolute Gasteiger partial charge is 0.489 e. The molecule has 0 saturated carbocycles. The molecule has 0 aliphatic rings. The second-order valence-corrected chi connectivity index (χ2v) is 5.53. The molecule has 0 aliphatic carbocycles. The molecule has 114 valence electrons. The lowest BCUT2D eigenvalue weighted by Crippen LogP contribution is -2.05. The number of ether oxygens (including phenoxy) is 1. The molecule has 0 aromatic heterocycles. The minimum atomic E-state index is -4.34. The molecular formula is C16H11BrF3NO. The Labute approximate surface area is 134 Å². The van der Waals surface area contributed by atoms with Crippen LogP contribution in [0, 0.1) is 11.3 Å². The Balaban J connectivity index is 2.05. The summed E-state index contributed by atoms with van der Waals surface area (Å²) in [6.45, 7) is 0.153. The summed E-state index contributed by atoms with van der Waals surface area (Å²) in [5.74, 6) is 0.555. The fraction of sp³-hybridized carbons (Fsp3) is 0.188. The molecule has 0 bridgehead atoms. The third-order valence-electron chi connectivity index (χ3n) is 2.90. The number of hydrogen-bond acceptors (Lipinski definition) is 2. The van der Waals surface area contributed by atoms with Crippen LogP contribution in [0.3, 0.4) is 0 Å². The zero-order valence-electron chi connectivity index (χ0n) is 11.3. The van der Waals surface area contributed by atoms with Crippen molar-refractivity contribution in [2.24, 2.45) is 0 Å². The van der Waals surface area contributed by atoms with E-state index in [1.54, 1.807) is 12.1 Å². The topological polar surface area (TPSA) is 33.0 Å². The van der Waals surface area contributed by atoms with Crippen LogP contribution in [-0.4, -0.2) is 0 Å². The highest BCUT2D eigenvalue weighted by molar-refractivity contribution is 9.10. The third kappa shape index (κ3) is 4.50. The first-order valence-corrected chi connectivity index (χ1v) is 7.13. The van der Waals surface area contributed by atoms with E-state index < -0.39 is 11.7 Å². The molecular weight excluding hydrogens is 359 g/mol. The molecule has 0 fully saturated rings. The van der Waals surface area contributed by atoms with Crippen LogP contribution in [0.1, 0.15) is 16.7 Å². The van der Waals surface area contributed by atoms with Gasteiger partial charge in [0.25, 0.3) is 0 Å². The van der Waals surface area contributed by atoms with Crippen molar-refractivity contribution in [3.63, 3.8) is 0 Å². The van der Waals surface area contributed by atoms with Gasteiger partial charge in [-0.15, -0.1) is 0 Å². The molecule has 0 unspecified atom stereocenters. The average molecular weight is 370 g/mol. The highest BCUT2D eigenvalue weighted by atomic mass is 79.9. The van der Waals surface area contributed by atoms with Crippen molar-refractivity contribution in [1.29, 1.82) is 5.26 Å². The number of alkyl halides is 3. The summed E-state index contributed by atoms with van der Waals surface area (Å²) in [7, 11) is 0. The summed E-state index contributed by atoms with van der Waals surface area (Å²) in [6.07, 6.45) is -4.08. The van der Waals surface area contributed by atoms with E-state index in [2.05, 4.69) is 15.9 Å². The average Bonchev–Trinajstić information content (AvgIpc) is 2.44. The maximum absolute atomic E-state index is 12.5. The second-order valence-electron chi connectivity index (χ2n) is 4.61. The van der Waals surface area contributed by atoms with E-state index >= 15 is 0 Å². The van der Waals surface area contributed by atoms with Crippen LogP contribution >= 0.6 is 15.9 Å². The van der Waals surface area contributed by atoms with Gasteiger partial charge in [0.05, 0.1) is 18.1 Å². The van der Waals surface area contributed by atoms with Crippen LogP contribution in [0.5, 0.6) is 5.75 Å². The van der Waals surface area contributed by atoms with Crippen molar-refractivity contribution < 1.29 is 17.9 Å². The molecule has 2 aromatic rings. The summed E-state index contributed by atoms with van der Waals surface area (Å²) in [4.78, 5) is 0. The third-order valence-corrected chi connectivity index (χ3v) is 3.36. The van der Waals surface area contributed by atoms with Crippen LogP contribution in [-0.2, 0) is 19.2 Å². The van der Waals surface area contributed by atoms with Gasteiger partial charge >= 0.3 is 6.18 Å². The Morgan fingerprint density at radius 3 is 2.32 bits per heavy atom. The fourth-order valence-corrected chi connectivity index (χ4v) is 2.37. The van der Waals surface area contributed by atoms with Gasteiger partial charge in [-0.05, 0) is 41.5 Å². The predicted octanol–water partition coefficient (Wildman–Crippen LogP) is 5.11. The maximum Gasteiger partial charge on any atom is 0.416 e. The molecule has 0 heterocycles. The van der Waals surface area contributed by atoms with E-state index in [1.807, 2.05) is 12.1 Å². The first-order valence-electron chi connectivity index (χ1n) is 6.34. The van der Waals surface area contributed by atoms with Crippen molar-refractivity contribution in [1.82, 2.24) is 0 Å². The van der Waals surface area contributed by atoms with Crippen molar-refractivity contribution >= 4 is 15.9 Å². The molecule has 0 radical (unpaired) electrons. The fourth-order valence-electron chi connectivity index (χ4n) is 1.85. The number of hydrogen-bond donors (Lipinski definition) is 0. The zero-order valence-corrected chi connectivity index (χ0v) is 12.9. The van der Waals surface area contributed by atoms with Crippen LogP contribution in [0.15, 0.2) is 46.9 Å². The Morgan fingerprint density at radius 2 is 1.73 bits per heavy atom. The van der Waals surface area contributed by atoms with E-state index in [0.29, 0.717) is 11.3 Å². The summed E-state index contributed by atoms with van der Waals surface area (Å²) in [5.41, 5.74) is 0.754. The first kappa shape index (κ1) is 16.4. The Bertz CT molecular complexity index is 690. The van der Waals surface area contributed by atoms with E-state index in [-0.39, 0.29) is 13.0 Å². The maximum atomic E-state index is 12.5. The van der Waals surface area contributed by atoms with Gasteiger partial charge in [-0.25, -0.2) is 0 Å². The van der Waals surface area contributed by atoms with E-state index in [4.69, 9.17) is 10.00 Å². The van der Waals surface area contributed by atoms with Crippen LogP contribution in [0.25, 0.3) is 0 Å². The first-order chi connectivity index (χ1) is 10.4. The van der Waals surface area contributed by atoms with Crippen LogP contribution < -0.4 is 4.74 Å². The predicted molar refractivity (Wildman–Crippen MR) is 79.2 cm³/mol. The van der Waals surface area contributed by atoms with E-state index in [9.17, 15) is 13.2 Å². The number of halogens is 4. The summed E-state index contributed by atoms with van der Waals surface area (Å²) >= 11 is 3.33. The van der Waals surface area contributed by atoms with Crippen molar-refractivity contribution in [3.8, 4) is 11.8 Å². The molecule has 2 aromatic carbocycles. The SMILES string of the molecule is N#CCc1cc(Br)cc(OCc2ccc(C(F)(F)F)cc2)c1. The quantitative estimate of drug-likeness (QED) is 0.749. The van der Waals surface area contributed by atoms with Crippen LogP contribution in [0.2, 0.25) is 0 Å². The van der Waals surface area contributed by atoms with Gasteiger partial charge in [0.2, 0.25) is 0 Å². The normalized spacial score (nSPS) is 11.0. The van der Waals surface area contributed by atoms with Gasteiger partial charge in [0, 0.05) is 4.47 Å². The Kier molecular flexibility index (Phi) is 5.09. The Hall–Kier alpha value is -2.00. The molecule has 0 N–H and O–H groups in total. The number of rotatable bonds is 4. The van der Waals surface area contributed by atoms with Gasteiger partial charge in [-0.3, -0.25) is 0 Å². The summed E-state index contributed by atoms with van der Waals surface area (Å²) in [6, 6.07) is 12.2. The van der Waals surface area contributed by atoms with Gasteiger partial charge in [0.1, 0.15) is 12.4 Å². The molecule has 0 spiro atoms. The molecule has 0 atom stereocenters. The summed E-state index contributed by atoms with van der Waals surface area (Å²) in [5, 5.41) is 8.70. The van der Waals surface area contributed by atoms with Crippen molar-refractivity contribution in [2.45, 2.75) is 19.2 Å². The lowest BCUT2D eigenvalue weighted by molar-refractivity contribution is -0.137.